The van der Waals surface area contributed by atoms with E-state index in [1.54, 1.807) is 19.3 Å². The molecule has 0 nitrogen and oxygen atoms in total. The van der Waals surface area contributed by atoms with E-state index >= 15 is 0 Å². The molecule has 0 aliphatic heterocycles. The van der Waals surface area contributed by atoms with Gasteiger partial charge in [-0.2, -0.15) is 0 Å². The quantitative estimate of drug-likeness (QED) is 0.506. The second-order valence-corrected chi connectivity index (χ2v) is 7.55. The Morgan fingerprint density at radius 2 is 0.952 bits per heavy atom. The molecular formula is C21H42. The molecule has 0 bridgehead atoms. The summed E-state index contributed by atoms with van der Waals surface area (Å²) in [5.41, 5.74) is 0. The minimum absolute atomic E-state index is 1.07. The molecular weight excluding hydrogens is 252 g/mol. The van der Waals surface area contributed by atoms with Crippen LogP contribution in [-0.2, 0) is 0 Å². The van der Waals surface area contributed by atoms with Crippen molar-refractivity contribution in [3.63, 3.8) is 0 Å². The Hall–Kier alpha value is 0. The van der Waals surface area contributed by atoms with Crippen molar-refractivity contribution in [2.75, 3.05) is 0 Å². The molecule has 0 amide bonds. The first-order valence-corrected chi connectivity index (χ1v) is 10.3. The summed E-state index contributed by atoms with van der Waals surface area (Å²) in [5.74, 6) is 5.62. The molecule has 0 heterocycles. The SMILES string of the molecule is CC.CCC1CCC(CC)CC1.CCC1CCC2CC2C1. The van der Waals surface area contributed by atoms with Crippen molar-refractivity contribution < 1.29 is 0 Å². The van der Waals surface area contributed by atoms with Gasteiger partial charge in [0.2, 0.25) is 0 Å². The first kappa shape index (κ1) is 19.0. The van der Waals surface area contributed by atoms with Gasteiger partial charge in [0.1, 0.15) is 0 Å². The molecule has 126 valence electrons. The smallest absolute Gasteiger partial charge is 0.0380 e. The zero-order valence-corrected chi connectivity index (χ0v) is 15.7. The van der Waals surface area contributed by atoms with Gasteiger partial charge in [-0.15, -0.1) is 0 Å². The molecule has 0 N–H and O–H groups in total. The molecule has 0 saturated heterocycles. The van der Waals surface area contributed by atoms with E-state index < -0.39 is 0 Å². The predicted octanol–water partition coefficient (Wildman–Crippen LogP) is 7.47. The van der Waals surface area contributed by atoms with Gasteiger partial charge in [0, 0.05) is 0 Å². The van der Waals surface area contributed by atoms with E-state index in [0.717, 1.165) is 17.8 Å². The maximum Gasteiger partial charge on any atom is -0.0380 e. The minimum atomic E-state index is 1.07. The van der Waals surface area contributed by atoms with E-state index in [4.69, 9.17) is 0 Å². The van der Waals surface area contributed by atoms with Crippen molar-refractivity contribution in [2.24, 2.45) is 29.6 Å². The topological polar surface area (TPSA) is 0 Å². The lowest BCUT2D eigenvalue weighted by Crippen LogP contribution is -2.12. The second-order valence-electron chi connectivity index (χ2n) is 7.55. The van der Waals surface area contributed by atoms with E-state index in [0.29, 0.717) is 0 Å². The molecule has 0 aromatic rings. The van der Waals surface area contributed by atoms with E-state index in [-0.39, 0.29) is 0 Å². The first-order chi connectivity index (χ1) is 10.3. The largest absolute Gasteiger partial charge is 0.0683 e. The Morgan fingerprint density at radius 3 is 1.33 bits per heavy atom. The molecule has 3 saturated carbocycles. The summed E-state index contributed by atoms with van der Waals surface area (Å²) in [7, 11) is 0. The lowest BCUT2D eigenvalue weighted by atomic mass is 9.80. The van der Waals surface area contributed by atoms with Crippen LogP contribution in [0.2, 0.25) is 0 Å². The summed E-state index contributed by atoms with van der Waals surface area (Å²) in [6.07, 6.45) is 16.5. The lowest BCUT2D eigenvalue weighted by Gasteiger charge is -2.26. The molecule has 0 aromatic carbocycles. The molecule has 3 aliphatic carbocycles. The van der Waals surface area contributed by atoms with Crippen LogP contribution in [0.4, 0.5) is 0 Å². The number of rotatable bonds is 3. The normalized spacial score (nSPS) is 37.3. The molecule has 3 rings (SSSR count). The fraction of sp³-hybridized carbons (Fsp3) is 1.00. The summed E-state index contributed by atoms with van der Waals surface area (Å²) in [6.45, 7) is 11.0. The highest BCUT2D eigenvalue weighted by atomic mass is 14.5. The third-order valence-electron chi connectivity index (χ3n) is 6.35. The Morgan fingerprint density at radius 1 is 0.524 bits per heavy atom. The summed E-state index contributed by atoms with van der Waals surface area (Å²) in [6, 6.07) is 0. The third kappa shape index (κ3) is 6.74. The fourth-order valence-corrected chi connectivity index (χ4v) is 4.37. The molecule has 3 fully saturated rings. The van der Waals surface area contributed by atoms with E-state index in [1.807, 2.05) is 13.8 Å². The number of hydrogen-bond donors (Lipinski definition) is 0. The summed E-state index contributed by atoms with van der Waals surface area (Å²) in [4.78, 5) is 0. The van der Waals surface area contributed by atoms with Crippen molar-refractivity contribution >= 4 is 0 Å². The molecule has 0 radical (unpaired) electrons. The fourth-order valence-electron chi connectivity index (χ4n) is 4.37. The van der Waals surface area contributed by atoms with Gasteiger partial charge < -0.3 is 0 Å². The van der Waals surface area contributed by atoms with Crippen LogP contribution in [0.3, 0.4) is 0 Å². The van der Waals surface area contributed by atoms with Crippen LogP contribution in [0.5, 0.6) is 0 Å². The van der Waals surface area contributed by atoms with E-state index in [2.05, 4.69) is 20.8 Å². The molecule has 0 spiro atoms. The third-order valence-corrected chi connectivity index (χ3v) is 6.35. The van der Waals surface area contributed by atoms with Crippen LogP contribution in [0, 0.1) is 29.6 Å². The molecule has 0 aromatic heterocycles. The monoisotopic (exact) mass is 294 g/mol. The Bertz CT molecular complexity index is 224. The van der Waals surface area contributed by atoms with Crippen LogP contribution >= 0.6 is 0 Å². The molecule has 3 unspecified atom stereocenters. The molecule has 3 atom stereocenters. The Balaban J connectivity index is 0.000000188. The Kier molecular flexibility index (Phi) is 9.69. The van der Waals surface area contributed by atoms with Crippen molar-refractivity contribution in [2.45, 2.75) is 105 Å². The van der Waals surface area contributed by atoms with Crippen LogP contribution in [0.15, 0.2) is 0 Å². The summed E-state index contributed by atoms with van der Waals surface area (Å²) in [5, 5.41) is 0. The van der Waals surface area contributed by atoms with Gasteiger partial charge >= 0.3 is 0 Å². The van der Waals surface area contributed by atoms with Gasteiger partial charge in [0.25, 0.3) is 0 Å². The van der Waals surface area contributed by atoms with E-state index in [9.17, 15) is 0 Å². The van der Waals surface area contributed by atoms with Crippen molar-refractivity contribution in [3.8, 4) is 0 Å². The van der Waals surface area contributed by atoms with Crippen LogP contribution in [0.25, 0.3) is 0 Å². The molecule has 3 aliphatic rings. The maximum absolute atomic E-state index is 2.34. The van der Waals surface area contributed by atoms with Crippen molar-refractivity contribution in [1.82, 2.24) is 0 Å². The van der Waals surface area contributed by atoms with Gasteiger partial charge in [0.15, 0.2) is 0 Å². The van der Waals surface area contributed by atoms with Gasteiger partial charge in [-0.05, 0) is 48.9 Å². The molecule has 21 heavy (non-hydrogen) atoms. The lowest BCUT2D eigenvalue weighted by molar-refractivity contribution is 0.264. The highest BCUT2D eigenvalue weighted by Crippen LogP contribution is 2.51. The highest BCUT2D eigenvalue weighted by Gasteiger charge is 2.41. The highest BCUT2D eigenvalue weighted by molar-refractivity contribution is 4.91. The predicted molar refractivity (Wildman–Crippen MR) is 96.6 cm³/mol. The molecule has 0 heteroatoms. The zero-order valence-electron chi connectivity index (χ0n) is 15.7. The summed E-state index contributed by atoms with van der Waals surface area (Å²) < 4.78 is 0. The van der Waals surface area contributed by atoms with Crippen LogP contribution in [0.1, 0.15) is 105 Å². The van der Waals surface area contributed by atoms with Crippen LogP contribution < -0.4 is 0 Å². The summed E-state index contributed by atoms with van der Waals surface area (Å²) >= 11 is 0. The van der Waals surface area contributed by atoms with Gasteiger partial charge in [-0.25, -0.2) is 0 Å². The van der Waals surface area contributed by atoms with Crippen LogP contribution in [-0.4, -0.2) is 0 Å². The standard InChI is InChI=1S/C10H20.C9H16.C2H6/c1-3-9-5-7-10(4-2)8-6-9;1-2-7-3-4-8-6-9(8)5-7;1-2/h9-10H,3-8H2,1-2H3;7-9H,2-6H2,1H3;1-2H3. The van der Waals surface area contributed by atoms with Gasteiger partial charge in [0.05, 0.1) is 0 Å². The van der Waals surface area contributed by atoms with Gasteiger partial charge in [-0.1, -0.05) is 86.0 Å². The number of hydrogen-bond acceptors (Lipinski definition) is 0. The average molecular weight is 295 g/mol. The van der Waals surface area contributed by atoms with Crippen molar-refractivity contribution in [3.05, 3.63) is 0 Å². The zero-order chi connectivity index (χ0) is 15.7. The first-order valence-electron chi connectivity index (χ1n) is 10.3. The second kappa shape index (κ2) is 10.7. The van der Waals surface area contributed by atoms with Gasteiger partial charge in [-0.3, -0.25) is 0 Å². The van der Waals surface area contributed by atoms with Crippen molar-refractivity contribution in [1.29, 1.82) is 0 Å². The number of fused-ring (bicyclic) bond motifs is 1. The minimum Gasteiger partial charge on any atom is -0.0683 e. The average Bonchev–Trinajstić information content (AvgIpc) is 3.35. The van der Waals surface area contributed by atoms with E-state index in [1.165, 1.54) is 63.2 Å². The Labute approximate surface area is 135 Å². The maximum atomic E-state index is 2.34.